The normalized spacial score (nSPS) is 12.9. The van der Waals surface area contributed by atoms with Crippen LogP contribution >= 0.6 is 0 Å². The molecular weight excluding hydrogens is 408 g/mol. The van der Waals surface area contributed by atoms with Gasteiger partial charge in [0.05, 0.1) is 27.1 Å². The van der Waals surface area contributed by atoms with E-state index in [1.807, 2.05) is 27.7 Å². The molecule has 10 heteroatoms. The van der Waals surface area contributed by atoms with E-state index in [0.717, 1.165) is 0 Å². The Kier molecular flexibility index (Phi) is 15.3. The predicted molar refractivity (Wildman–Crippen MR) is 113 cm³/mol. The van der Waals surface area contributed by atoms with E-state index in [1.165, 1.54) is 14.2 Å². The number of ether oxygens (including phenoxy) is 4. The summed E-state index contributed by atoms with van der Waals surface area (Å²) in [6.45, 7) is 7.84. The van der Waals surface area contributed by atoms with Gasteiger partial charge in [-0.15, -0.1) is 0 Å². The molecule has 0 fully saturated rings. The van der Waals surface area contributed by atoms with E-state index in [-0.39, 0.29) is 49.7 Å². The topological polar surface area (TPSA) is 129 Å². The standard InChI is InChI=1S/C21H38N2O8/c1-14(2)11-16(22-9-7-18(24)28-5)20(26)30-13-31-21(27)17(12-15(3)4)23-10-8-19(25)29-6/h14-17,22-23H,7-13H2,1-6H3. The van der Waals surface area contributed by atoms with Gasteiger partial charge in [-0.3, -0.25) is 19.2 Å². The molecule has 0 aliphatic rings. The van der Waals surface area contributed by atoms with Gasteiger partial charge >= 0.3 is 23.9 Å². The summed E-state index contributed by atoms with van der Waals surface area (Å²) in [5.41, 5.74) is 0. The highest BCUT2D eigenvalue weighted by atomic mass is 16.7. The van der Waals surface area contributed by atoms with Crippen LogP contribution in [0.5, 0.6) is 0 Å². The summed E-state index contributed by atoms with van der Waals surface area (Å²) < 4.78 is 19.4. The molecule has 0 aromatic carbocycles. The van der Waals surface area contributed by atoms with Crippen LogP contribution in [-0.4, -0.2) is 70.1 Å². The SMILES string of the molecule is COC(=O)CCNC(CC(C)C)C(=O)OCOC(=O)C(CC(C)C)NCCC(=O)OC. The molecule has 0 aromatic heterocycles. The second-order valence-corrected chi connectivity index (χ2v) is 7.97. The second kappa shape index (κ2) is 16.5. The molecule has 10 nitrogen and oxygen atoms in total. The van der Waals surface area contributed by atoms with Crippen LogP contribution in [0.1, 0.15) is 53.4 Å². The molecular formula is C21H38N2O8. The maximum Gasteiger partial charge on any atom is 0.326 e. The van der Waals surface area contributed by atoms with Crippen LogP contribution in [0.25, 0.3) is 0 Å². The lowest BCUT2D eigenvalue weighted by Gasteiger charge is -2.21. The Labute approximate surface area is 184 Å². The van der Waals surface area contributed by atoms with Gasteiger partial charge < -0.3 is 29.6 Å². The number of methoxy groups -OCH3 is 2. The van der Waals surface area contributed by atoms with Gasteiger partial charge in [0, 0.05) is 13.1 Å². The monoisotopic (exact) mass is 446 g/mol. The number of carbonyl (C=O) groups is 4. The van der Waals surface area contributed by atoms with Crippen molar-refractivity contribution in [3.8, 4) is 0 Å². The van der Waals surface area contributed by atoms with Gasteiger partial charge in [-0.2, -0.15) is 0 Å². The molecule has 2 N–H and O–H groups in total. The summed E-state index contributed by atoms with van der Waals surface area (Å²) in [4.78, 5) is 47.2. The van der Waals surface area contributed by atoms with Crippen molar-refractivity contribution in [3.05, 3.63) is 0 Å². The Balaban J connectivity index is 4.61. The predicted octanol–water partition coefficient (Wildman–Crippen LogP) is 1.17. The third-order valence-corrected chi connectivity index (χ3v) is 4.28. The molecule has 180 valence electrons. The minimum atomic E-state index is -0.631. The maximum atomic E-state index is 12.4. The van der Waals surface area contributed by atoms with Crippen molar-refractivity contribution in [2.45, 2.75) is 65.5 Å². The summed E-state index contributed by atoms with van der Waals surface area (Å²) in [6, 6.07) is -1.26. The zero-order chi connectivity index (χ0) is 23.8. The van der Waals surface area contributed by atoms with Crippen molar-refractivity contribution < 1.29 is 38.1 Å². The number of rotatable bonds is 16. The molecule has 0 rings (SSSR count). The van der Waals surface area contributed by atoms with Crippen LogP contribution in [0, 0.1) is 11.8 Å². The Hall–Kier alpha value is -2.20. The van der Waals surface area contributed by atoms with Crippen molar-refractivity contribution in [1.82, 2.24) is 10.6 Å². The lowest BCUT2D eigenvalue weighted by Crippen LogP contribution is -2.42. The van der Waals surface area contributed by atoms with Crippen LogP contribution in [0.3, 0.4) is 0 Å². The minimum absolute atomic E-state index is 0.126. The summed E-state index contributed by atoms with van der Waals surface area (Å²) in [6.07, 6.45) is 1.25. The lowest BCUT2D eigenvalue weighted by molar-refractivity contribution is -0.171. The molecule has 0 heterocycles. The highest BCUT2D eigenvalue weighted by molar-refractivity contribution is 5.77. The van der Waals surface area contributed by atoms with Crippen LogP contribution in [0.2, 0.25) is 0 Å². The van der Waals surface area contributed by atoms with Crippen LogP contribution in [-0.2, 0) is 38.1 Å². The molecule has 2 atom stereocenters. The zero-order valence-electron chi connectivity index (χ0n) is 19.5. The molecule has 0 radical (unpaired) electrons. The molecule has 0 aliphatic carbocycles. The average Bonchev–Trinajstić information content (AvgIpc) is 2.70. The Morgan fingerprint density at radius 2 is 1.03 bits per heavy atom. The lowest BCUT2D eigenvalue weighted by atomic mass is 10.0. The largest absolute Gasteiger partial charge is 0.469 e. The van der Waals surface area contributed by atoms with E-state index in [0.29, 0.717) is 12.8 Å². The van der Waals surface area contributed by atoms with Crippen molar-refractivity contribution >= 4 is 23.9 Å². The number of hydrogen-bond acceptors (Lipinski definition) is 10. The first-order chi connectivity index (χ1) is 14.6. The highest BCUT2D eigenvalue weighted by Crippen LogP contribution is 2.09. The molecule has 2 unspecified atom stereocenters. The molecule has 0 aliphatic heterocycles. The van der Waals surface area contributed by atoms with E-state index in [1.54, 1.807) is 0 Å². The molecule has 0 saturated carbocycles. The van der Waals surface area contributed by atoms with E-state index in [9.17, 15) is 19.2 Å². The van der Waals surface area contributed by atoms with Gasteiger partial charge in [0.15, 0.2) is 0 Å². The van der Waals surface area contributed by atoms with Gasteiger partial charge in [0.2, 0.25) is 6.79 Å². The molecule has 31 heavy (non-hydrogen) atoms. The van der Waals surface area contributed by atoms with Crippen LogP contribution in [0.4, 0.5) is 0 Å². The van der Waals surface area contributed by atoms with Gasteiger partial charge in [0.25, 0.3) is 0 Å². The van der Waals surface area contributed by atoms with Crippen molar-refractivity contribution in [2.24, 2.45) is 11.8 Å². The molecule has 0 aromatic rings. The zero-order valence-corrected chi connectivity index (χ0v) is 19.5. The van der Waals surface area contributed by atoms with E-state index in [4.69, 9.17) is 9.47 Å². The first-order valence-electron chi connectivity index (χ1n) is 10.5. The fourth-order valence-electron chi connectivity index (χ4n) is 2.72. The quantitative estimate of drug-likeness (QED) is 0.202. The number of carbonyl (C=O) groups excluding carboxylic acids is 4. The molecule has 0 bridgehead atoms. The van der Waals surface area contributed by atoms with Gasteiger partial charge in [-0.1, -0.05) is 27.7 Å². The maximum absolute atomic E-state index is 12.4. The Morgan fingerprint density at radius 3 is 1.32 bits per heavy atom. The van der Waals surface area contributed by atoms with E-state index < -0.39 is 30.8 Å². The van der Waals surface area contributed by atoms with Crippen molar-refractivity contribution in [2.75, 3.05) is 34.1 Å². The van der Waals surface area contributed by atoms with Crippen LogP contribution in [0.15, 0.2) is 0 Å². The Morgan fingerprint density at radius 1 is 0.677 bits per heavy atom. The smallest absolute Gasteiger partial charge is 0.326 e. The fourth-order valence-corrected chi connectivity index (χ4v) is 2.72. The average molecular weight is 447 g/mol. The first-order valence-corrected chi connectivity index (χ1v) is 10.5. The van der Waals surface area contributed by atoms with E-state index in [2.05, 4.69) is 20.1 Å². The summed E-state index contributed by atoms with van der Waals surface area (Å²) in [5.74, 6) is -1.47. The summed E-state index contributed by atoms with van der Waals surface area (Å²) in [5, 5.41) is 5.95. The third kappa shape index (κ3) is 14.4. The van der Waals surface area contributed by atoms with Crippen LogP contribution < -0.4 is 10.6 Å². The summed E-state index contributed by atoms with van der Waals surface area (Å²) in [7, 11) is 2.60. The minimum Gasteiger partial charge on any atom is -0.469 e. The van der Waals surface area contributed by atoms with E-state index >= 15 is 0 Å². The number of nitrogens with one attached hydrogen (secondary N) is 2. The van der Waals surface area contributed by atoms with Crippen molar-refractivity contribution in [1.29, 1.82) is 0 Å². The number of hydrogen-bond donors (Lipinski definition) is 2. The first kappa shape index (κ1) is 28.8. The third-order valence-electron chi connectivity index (χ3n) is 4.28. The molecule has 0 spiro atoms. The number of esters is 4. The second-order valence-electron chi connectivity index (χ2n) is 7.97. The summed E-state index contributed by atoms with van der Waals surface area (Å²) >= 11 is 0. The van der Waals surface area contributed by atoms with Gasteiger partial charge in [0.1, 0.15) is 12.1 Å². The highest BCUT2D eigenvalue weighted by Gasteiger charge is 2.24. The van der Waals surface area contributed by atoms with Gasteiger partial charge in [-0.05, 0) is 24.7 Å². The van der Waals surface area contributed by atoms with Crippen molar-refractivity contribution in [3.63, 3.8) is 0 Å². The fraction of sp³-hybridized carbons (Fsp3) is 0.810. The van der Waals surface area contributed by atoms with Gasteiger partial charge in [-0.25, -0.2) is 0 Å². The molecule has 0 amide bonds. The molecule has 0 saturated heterocycles. The Bertz CT molecular complexity index is 518.